The fraction of sp³-hybridized carbons (Fsp3) is 0.684. The van der Waals surface area contributed by atoms with E-state index in [4.69, 9.17) is 4.74 Å². The van der Waals surface area contributed by atoms with Crippen LogP contribution in [0, 0.1) is 0 Å². The smallest absolute Gasteiger partial charge is 0.115 e. The van der Waals surface area contributed by atoms with Gasteiger partial charge in [0.05, 0.1) is 13.2 Å². The molecule has 1 aliphatic heterocycles. The zero-order chi connectivity index (χ0) is 15.0. The van der Waals surface area contributed by atoms with Gasteiger partial charge in [-0.1, -0.05) is 63.3 Å². The molecule has 0 saturated carbocycles. The summed E-state index contributed by atoms with van der Waals surface area (Å²) in [6.45, 7) is 3.14. The number of aryl methyl sites for hydroxylation is 2. The van der Waals surface area contributed by atoms with Crippen LogP contribution < -0.4 is 0 Å². The molecule has 1 aromatic rings. The minimum atomic E-state index is -0.211. The average Bonchev–Trinajstić information content (AvgIpc) is 3.30. The standard InChI is InChI=1S/C19H30O2/c1-2-3-4-5-6-7-8-17-9-11-18(12-10-17)13-14-19(15-20)16-21-19/h9-12,20H,2-8,13-16H2,1H3/t19-/m1/s1. The third kappa shape index (κ3) is 5.80. The van der Waals surface area contributed by atoms with Crippen LogP contribution >= 0.6 is 0 Å². The number of ether oxygens (including phenoxy) is 1. The van der Waals surface area contributed by atoms with Gasteiger partial charge in [-0.05, 0) is 36.8 Å². The first-order chi connectivity index (χ1) is 10.3. The molecule has 0 spiro atoms. The molecule has 21 heavy (non-hydrogen) atoms. The number of hydrogen-bond donors (Lipinski definition) is 1. The summed E-state index contributed by atoms with van der Waals surface area (Å²) in [5.41, 5.74) is 2.59. The van der Waals surface area contributed by atoms with Crippen LogP contribution in [0.25, 0.3) is 0 Å². The zero-order valence-corrected chi connectivity index (χ0v) is 13.4. The number of benzene rings is 1. The van der Waals surface area contributed by atoms with Crippen LogP contribution in [0.2, 0.25) is 0 Å². The maximum Gasteiger partial charge on any atom is 0.115 e. The van der Waals surface area contributed by atoms with Crippen molar-refractivity contribution in [1.82, 2.24) is 0 Å². The summed E-state index contributed by atoms with van der Waals surface area (Å²) in [5, 5.41) is 9.23. The Bertz CT molecular complexity index is 393. The predicted octanol–water partition coefficient (Wildman–Crippen LogP) is 4.28. The van der Waals surface area contributed by atoms with Gasteiger partial charge in [0, 0.05) is 0 Å². The Morgan fingerprint density at radius 2 is 1.52 bits per heavy atom. The van der Waals surface area contributed by atoms with Crippen LogP contribution in [0.5, 0.6) is 0 Å². The molecule has 0 bridgehead atoms. The van der Waals surface area contributed by atoms with Crippen LogP contribution in [0.4, 0.5) is 0 Å². The number of hydrogen-bond acceptors (Lipinski definition) is 2. The van der Waals surface area contributed by atoms with Crippen LogP contribution in [0.15, 0.2) is 24.3 Å². The highest BCUT2D eigenvalue weighted by Gasteiger charge is 2.43. The fourth-order valence-electron chi connectivity index (χ4n) is 2.77. The highest BCUT2D eigenvalue weighted by molar-refractivity contribution is 5.23. The van der Waals surface area contributed by atoms with Crippen molar-refractivity contribution in [2.75, 3.05) is 13.2 Å². The second kappa shape index (κ2) is 8.55. The molecule has 2 rings (SSSR count). The Morgan fingerprint density at radius 1 is 0.952 bits per heavy atom. The van der Waals surface area contributed by atoms with E-state index in [0.717, 1.165) is 19.4 Å². The molecule has 2 heteroatoms. The van der Waals surface area contributed by atoms with Crippen molar-refractivity contribution in [2.45, 2.75) is 70.3 Å². The van der Waals surface area contributed by atoms with E-state index in [1.54, 1.807) is 0 Å². The van der Waals surface area contributed by atoms with E-state index in [0.29, 0.717) is 0 Å². The third-order valence-corrected chi connectivity index (χ3v) is 4.55. The van der Waals surface area contributed by atoms with E-state index < -0.39 is 0 Å². The minimum absolute atomic E-state index is 0.156. The summed E-state index contributed by atoms with van der Waals surface area (Å²) >= 11 is 0. The summed E-state index contributed by atoms with van der Waals surface area (Å²) in [6.07, 6.45) is 11.3. The highest BCUT2D eigenvalue weighted by Crippen LogP contribution is 2.31. The molecule has 1 heterocycles. The molecule has 1 fully saturated rings. The van der Waals surface area contributed by atoms with Gasteiger partial charge in [0.1, 0.15) is 5.60 Å². The van der Waals surface area contributed by atoms with E-state index in [2.05, 4.69) is 31.2 Å². The van der Waals surface area contributed by atoms with E-state index in [9.17, 15) is 5.11 Å². The van der Waals surface area contributed by atoms with Gasteiger partial charge in [-0.15, -0.1) is 0 Å². The first kappa shape index (κ1) is 16.5. The molecular weight excluding hydrogens is 260 g/mol. The van der Waals surface area contributed by atoms with Gasteiger partial charge in [0.2, 0.25) is 0 Å². The van der Waals surface area contributed by atoms with Crippen LogP contribution in [0.3, 0.4) is 0 Å². The Morgan fingerprint density at radius 3 is 2.10 bits per heavy atom. The molecule has 1 aromatic carbocycles. The van der Waals surface area contributed by atoms with E-state index in [1.165, 1.54) is 56.1 Å². The summed E-state index contributed by atoms with van der Waals surface area (Å²) < 4.78 is 5.33. The van der Waals surface area contributed by atoms with Crippen LogP contribution in [0.1, 0.15) is 63.0 Å². The number of rotatable bonds is 11. The minimum Gasteiger partial charge on any atom is -0.393 e. The molecule has 0 aliphatic carbocycles. The Balaban J connectivity index is 1.62. The molecule has 2 nitrogen and oxygen atoms in total. The Labute approximate surface area is 129 Å². The summed E-state index contributed by atoms with van der Waals surface area (Å²) in [7, 11) is 0. The number of aliphatic hydroxyl groups excluding tert-OH is 1. The van der Waals surface area contributed by atoms with Crippen molar-refractivity contribution in [3.8, 4) is 0 Å². The molecule has 0 unspecified atom stereocenters. The van der Waals surface area contributed by atoms with E-state index in [1.807, 2.05) is 0 Å². The second-order valence-electron chi connectivity index (χ2n) is 6.46. The first-order valence-electron chi connectivity index (χ1n) is 8.61. The Kier molecular flexibility index (Phi) is 6.72. The molecule has 0 amide bonds. The largest absolute Gasteiger partial charge is 0.393 e. The number of unbranched alkanes of at least 4 members (excludes halogenated alkanes) is 5. The molecule has 1 atom stereocenters. The lowest BCUT2D eigenvalue weighted by atomic mass is 9.99. The van der Waals surface area contributed by atoms with Crippen molar-refractivity contribution in [1.29, 1.82) is 0 Å². The van der Waals surface area contributed by atoms with Crippen LogP contribution in [-0.4, -0.2) is 23.9 Å². The summed E-state index contributed by atoms with van der Waals surface area (Å²) in [5.74, 6) is 0. The molecule has 118 valence electrons. The zero-order valence-electron chi connectivity index (χ0n) is 13.4. The van der Waals surface area contributed by atoms with Gasteiger partial charge in [-0.2, -0.15) is 0 Å². The lowest BCUT2D eigenvalue weighted by Crippen LogP contribution is -2.17. The summed E-state index contributed by atoms with van der Waals surface area (Å²) in [6, 6.07) is 9.00. The third-order valence-electron chi connectivity index (χ3n) is 4.55. The van der Waals surface area contributed by atoms with Gasteiger partial charge < -0.3 is 9.84 Å². The van der Waals surface area contributed by atoms with Gasteiger partial charge in [-0.3, -0.25) is 0 Å². The first-order valence-corrected chi connectivity index (χ1v) is 8.61. The van der Waals surface area contributed by atoms with Gasteiger partial charge in [0.25, 0.3) is 0 Å². The number of epoxide rings is 1. The predicted molar refractivity (Wildman–Crippen MR) is 87.6 cm³/mol. The molecule has 0 aromatic heterocycles. The highest BCUT2D eigenvalue weighted by atomic mass is 16.6. The van der Waals surface area contributed by atoms with E-state index >= 15 is 0 Å². The SMILES string of the molecule is CCCCCCCCc1ccc(CC[C@@]2(CO)CO2)cc1. The van der Waals surface area contributed by atoms with E-state index in [-0.39, 0.29) is 12.2 Å². The van der Waals surface area contributed by atoms with Gasteiger partial charge >= 0.3 is 0 Å². The second-order valence-corrected chi connectivity index (χ2v) is 6.46. The van der Waals surface area contributed by atoms with Crippen molar-refractivity contribution in [3.05, 3.63) is 35.4 Å². The normalized spacial score (nSPS) is 20.7. The van der Waals surface area contributed by atoms with Crippen molar-refractivity contribution in [3.63, 3.8) is 0 Å². The molecule has 0 radical (unpaired) electrons. The maximum absolute atomic E-state index is 9.23. The number of aliphatic hydroxyl groups is 1. The topological polar surface area (TPSA) is 32.8 Å². The average molecular weight is 290 g/mol. The Hall–Kier alpha value is -0.860. The fourth-order valence-corrected chi connectivity index (χ4v) is 2.77. The molecule has 1 saturated heterocycles. The monoisotopic (exact) mass is 290 g/mol. The maximum atomic E-state index is 9.23. The summed E-state index contributed by atoms with van der Waals surface area (Å²) in [4.78, 5) is 0. The van der Waals surface area contributed by atoms with Gasteiger partial charge in [0.15, 0.2) is 0 Å². The van der Waals surface area contributed by atoms with Crippen molar-refractivity contribution >= 4 is 0 Å². The lowest BCUT2D eigenvalue weighted by molar-refractivity contribution is 0.164. The molecule has 1 N–H and O–H groups in total. The molecule has 1 aliphatic rings. The molecular formula is C19H30O2. The lowest BCUT2D eigenvalue weighted by Gasteiger charge is -2.08. The van der Waals surface area contributed by atoms with Crippen LogP contribution in [-0.2, 0) is 17.6 Å². The van der Waals surface area contributed by atoms with Crippen molar-refractivity contribution in [2.24, 2.45) is 0 Å². The van der Waals surface area contributed by atoms with Crippen molar-refractivity contribution < 1.29 is 9.84 Å². The quantitative estimate of drug-likeness (QED) is 0.487. The van der Waals surface area contributed by atoms with Gasteiger partial charge in [-0.25, -0.2) is 0 Å².